The Morgan fingerprint density at radius 2 is 1.90 bits per heavy atom. The Morgan fingerprint density at radius 1 is 1.20 bits per heavy atom. The van der Waals surface area contributed by atoms with Crippen LogP contribution in [0.4, 0.5) is 0 Å². The second-order valence-electron chi connectivity index (χ2n) is 8.77. The summed E-state index contributed by atoms with van der Waals surface area (Å²) >= 11 is 1.85. The van der Waals surface area contributed by atoms with E-state index in [1.54, 1.807) is 0 Å². The van der Waals surface area contributed by atoms with Crippen molar-refractivity contribution >= 4 is 23.6 Å². The number of thioether (sulfide) groups is 1. The zero-order valence-corrected chi connectivity index (χ0v) is 19.5. The molecule has 0 bridgehead atoms. The van der Waals surface area contributed by atoms with Gasteiger partial charge in [-0.25, -0.2) is 0 Å². The summed E-state index contributed by atoms with van der Waals surface area (Å²) in [6.45, 7) is 7.80. The maximum atomic E-state index is 12.9. The molecule has 1 aromatic carbocycles. The molecule has 1 aromatic rings. The van der Waals surface area contributed by atoms with Gasteiger partial charge in [0.15, 0.2) is 0 Å². The molecule has 0 saturated carbocycles. The van der Waals surface area contributed by atoms with Gasteiger partial charge >= 0.3 is 0 Å². The minimum atomic E-state index is -0.133. The number of nitrogens with one attached hydrogen (secondary N) is 2. The van der Waals surface area contributed by atoms with Gasteiger partial charge < -0.3 is 10.2 Å². The van der Waals surface area contributed by atoms with Gasteiger partial charge in [0.25, 0.3) is 5.91 Å². The first kappa shape index (κ1) is 23.1. The van der Waals surface area contributed by atoms with E-state index in [0.717, 1.165) is 50.1 Å². The van der Waals surface area contributed by atoms with Gasteiger partial charge in [-0.2, -0.15) is 0 Å². The highest BCUT2D eigenvalue weighted by Crippen LogP contribution is 2.39. The fourth-order valence-electron chi connectivity index (χ4n) is 4.17. The topological polar surface area (TPSA) is 61.4 Å². The minimum absolute atomic E-state index is 0.0720. The Labute approximate surface area is 185 Å². The zero-order chi connectivity index (χ0) is 21.6. The van der Waals surface area contributed by atoms with Crippen molar-refractivity contribution in [3.63, 3.8) is 0 Å². The molecule has 30 heavy (non-hydrogen) atoms. The van der Waals surface area contributed by atoms with Crippen molar-refractivity contribution in [2.45, 2.75) is 82.7 Å². The van der Waals surface area contributed by atoms with Crippen LogP contribution in [0.5, 0.6) is 0 Å². The molecule has 1 spiro atoms. The number of hydrogen-bond acceptors (Lipinski definition) is 4. The highest BCUT2D eigenvalue weighted by atomic mass is 32.2. The molecule has 2 atom stereocenters. The maximum Gasteiger partial charge on any atom is 0.253 e. The number of nitrogens with zero attached hydrogens (tertiary/aromatic N) is 1. The highest BCUT2D eigenvalue weighted by Gasteiger charge is 2.44. The number of hydrogen-bond donors (Lipinski definition) is 2. The van der Waals surface area contributed by atoms with Crippen LogP contribution >= 0.6 is 11.8 Å². The molecule has 2 unspecified atom stereocenters. The number of carbonyl (C=O) groups excluding carboxylic acids is 2. The summed E-state index contributed by atoms with van der Waals surface area (Å²) in [5.74, 6) is 1.03. The molecule has 166 valence electrons. The van der Waals surface area contributed by atoms with E-state index in [9.17, 15) is 9.59 Å². The molecule has 5 nitrogen and oxygen atoms in total. The third-order valence-corrected chi connectivity index (χ3v) is 7.99. The lowest BCUT2D eigenvalue weighted by Gasteiger charge is -2.39. The van der Waals surface area contributed by atoms with Gasteiger partial charge in [-0.3, -0.25) is 14.9 Å². The quantitative estimate of drug-likeness (QED) is 0.612. The van der Waals surface area contributed by atoms with Crippen LogP contribution in [-0.4, -0.2) is 52.5 Å². The Balaban J connectivity index is 1.49. The van der Waals surface area contributed by atoms with Crippen molar-refractivity contribution in [1.29, 1.82) is 0 Å². The van der Waals surface area contributed by atoms with Crippen LogP contribution in [0.1, 0.15) is 75.2 Å². The standard InChI is InChI=1S/C24H37N3O2S/c1-4-6-7-8-19-9-11-20(12-10-19)23(29)27-15-13-24(14-16-27)26-21(17-30-24)22(28)25-18(3)5-2/h9-12,18,21,26H,4-8,13-17H2,1-3H3,(H,25,28). The predicted octanol–water partition coefficient (Wildman–Crippen LogP) is 3.97. The van der Waals surface area contributed by atoms with Crippen LogP contribution in [0.2, 0.25) is 0 Å². The van der Waals surface area contributed by atoms with Gasteiger partial charge in [0.1, 0.15) is 0 Å². The number of unbranched alkanes of at least 4 members (excludes halogenated alkanes) is 2. The monoisotopic (exact) mass is 431 g/mol. The van der Waals surface area contributed by atoms with Gasteiger partial charge in [-0.1, -0.05) is 38.8 Å². The normalized spacial score (nSPS) is 21.6. The molecule has 0 radical (unpaired) electrons. The Hall–Kier alpha value is -1.53. The summed E-state index contributed by atoms with van der Waals surface area (Å²) in [5, 5.41) is 6.66. The fourth-order valence-corrected chi connectivity index (χ4v) is 5.58. The van der Waals surface area contributed by atoms with E-state index in [1.165, 1.54) is 24.8 Å². The molecule has 3 rings (SSSR count). The van der Waals surface area contributed by atoms with Crippen molar-refractivity contribution < 1.29 is 9.59 Å². The zero-order valence-electron chi connectivity index (χ0n) is 18.7. The molecule has 2 aliphatic rings. The summed E-state index contributed by atoms with van der Waals surface area (Å²) in [6.07, 6.45) is 7.47. The third kappa shape index (κ3) is 5.79. The Kier molecular flexibility index (Phi) is 8.23. The SMILES string of the molecule is CCCCCc1ccc(C(=O)N2CCC3(CC2)NC(C(=O)NC(C)CC)CS3)cc1. The number of amides is 2. The molecule has 2 N–H and O–H groups in total. The number of likely N-dealkylation sites (tertiary alicyclic amines) is 1. The van der Waals surface area contributed by atoms with Crippen molar-refractivity contribution in [2.75, 3.05) is 18.8 Å². The maximum absolute atomic E-state index is 12.9. The van der Waals surface area contributed by atoms with Crippen LogP contribution in [-0.2, 0) is 11.2 Å². The van der Waals surface area contributed by atoms with E-state index < -0.39 is 0 Å². The van der Waals surface area contributed by atoms with Crippen molar-refractivity contribution in [3.05, 3.63) is 35.4 Å². The average Bonchev–Trinajstić information content (AvgIpc) is 3.18. The van der Waals surface area contributed by atoms with Crippen LogP contribution in [0.3, 0.4) is 0 Å². The van der Waals surface area contributed by atoms with Gasteiger partial charge in [0, 0.05) is 30.4 Å². The molecular formula is C24H37N3O2S. The van der Waals surface area contributed by atoms with Crippen molar-refractivity contribution in [2.24, 2.45) is 0 Å². The van der Waals surface area contributed by atoms with Crippen molar-refractivity contribution in [3.8, 4) is 0 Å². The second-order valence-corrected chi connectivity index (χ2v) is 10.2. The molecule has 2 amide bonds. The molecule has 2 heterocycles. The van der Waals surface area contributed by atoms with E-state index in [-0.39, 0.29) is 28.8 Å². The number of rotatable bonds is 8. The number of benzene rings is 1. The fraction of sp³-hybridized carbons (Fsp3) is 0.667. The lowest BCUT2D eigenvalue weighted by Crippen LogP contribution is -2.55. The highest BCUT2D eigenvalue weighted by molar-refractivity contribution is 8.01. The van der Waals surface area contributed by atoms with Gasteiger partial charge in [0.2, 0.25) is 5.91 Å². The Morgan fingerprint density at radius 3 is 2.53 bits per heavy atom. The molecule has 0 aliphatic carbocycles. The van der Waals surface area contributed by atoms with E-state index in [0.29, 0.717) is 0 Å². The Bertz CT molecular complexity index is 714. The van der Waals surface area contributed by atoms with Crippen molar-refractivity contribution in [1.82, 2.24) is 15.5 Å². The molecule has 2 fully saturated rings. The summed E-state index contributed by atoms with van der Waals surface area (Å²) in [7, 11) is 0. The third-order valence-electron chi connectivity index (χ3n) is 6.41. The van der Waals surface area contributed by atoms with E-state index in [2.05, 4.69) is 36.6 Å². The minimum Gasteiger partial charge on any atom is -0.352 e. The second kappa shape index (κ2) is 10.7. The number of carbonyl (C=O) groups is 2. The van der Waals surface area contributed by atoms with Crippen LogP contribution in [0.15, 0.2) is 24.3 Å². The summed E-state index contributed by atoms with van der Waals surface area (Å²) in [4.78, 5) is 27.3. The van der Waals surface area contributed by atoms with Gasteiger partial charge in [0.05, 0.1) is 10.9 Å². The molecule has 0 aromatic heterocycles. The molecular weight excluding hydrogens is 394 g/mol. The first-order chi connectivity index (χ1) is 14.5. The largest absolute Gasteiger partial charge is 0.352 e. The van der Waals surface area contributed by atoms with E-state index >= 15 is 0 Å². The first-order valence-electron chi connectivity index (χ1n) is 11.6. The average molecular weight is 432 g/mol. The first-order valence-corrected chi connectivity index (χ1v) is 12.5. The van der Waals surface area contributed by atoms with Crippen LogP contribution in [0, 0.1) is 0 Å². The summed E-state index contributed by atoms with van der Waals surface area (Å²) in [5.41, 5.74) is 2.09. The van der Waals surface area contributed by atoms with E-state index in [1.807, 2.05) is 35.7 Å². The molecule has 2 saturated heterocycles. The molecule has 6 heteroatoms. The predicted molar refractivity (Wildman–Crippen MR) is 125 cm³/mol. The lowest BCUT2D eigenvalue weighted by atomic mass is 10.0. The van der Waals surface area contributed by atoms with Gasteiger partial charge in [-0.15, -0.1) is 11.8 Å². The lowest BCUT2D eigenvalue weighted by molar-refractivity contribution is -0.123. The van der Waals surface area contributed by atoms with E-state index in [4.69, 9.17) is 0 Å². The van der Waals surface area contributed by atoms with Gasteiger partial charge in [-0.05, 0) is 56.7 Å². The summed E-state index contributed by atoms with van der Waals surface area (Å²) < 4.78 is 0. The molecule has 2 aliphatic heterocycles. The van der Waals surface area contributed by atoms with Crippen LogP contribution < -0.4 is 10.6 Å². The number of piperidine rings is 1. The van der Waals surface area contributed by atoms with Crippen LogP contribution in [0.25, 0.3) is 0 Å². The smallest absolute Gasteiger partial charge is 0.253 e. The summed E-state index contributed by atoms with van der Waals surface area (Å²) in [6, 6.07) is 8.23. The number of aryl methyl sites for hydroxylation is 1.